The highest BCUT2D eigenvalue weighted by atomic mass is 32.2. The summed E-state index contributed by atoms with van der Waals surface area (Å²) in [6.07, 6.45) is 5.80. The minimum absolute atomic E-state index is 0.157. The molecule has 1 aromatic carbocycles. The molecule has 0 radical (unpaired) electrons. The molecule has 3 rings (SSSR count). The second kappa shape index (κ2) is 11.3. The Morgan fingerprint density at radius 3 is 2.72 bits per heavy atom. The molecule has 6 heteroatoms. The number of carbonyl (C=O) groups excluding carboxylic acids is 1. The number of carbonyl (C=O) groups is 1. The van der Waals surface area contributed by atoms with Gasteiger partial charge in [0.05, 0.1) is 5.56 Å². The lowest BCUT2D eigenvalue weighted by Crippen LogP contribution is -2.49. The van der Waals surface area contributed by atoms with Crippen molar-refractivity contribution in [1.29, 1.82) is 0 Å². The second-order valence-corrected chi connectivity index (χ2v) is 9.23. The van der Waals surface area contributed by atoms with E-state index in [1.807, 2.05) is 36.2 Å². The van der Waals surface area contributed by atoms with Crippen molar-refractivity contribution in [2.45, 2.75) is 24.5 Å². The molecule has 0 aliphatic carbocycles. The summed E-state index contributed by atoms with van der Waals surface area (Å²) in [5.74, 6) is 1.52. The Balaban J connectivity index is 1.54. The van der Waals surface area contributed by atoms with Gasteiger partial charge in [-0.05, 0) is 36.4 Å². The van der Waals surface area contributed by atoms with E-state index in [0.717, 1.165) is 48.9 Å². The Kier molecular flexibility index (Phi) is 8.52. The Morgan fingerprint density at radius 1 is 1.21 bits per heavy atom. The van der Waals surface area contributed by atoms with Crippen LogP contribution >= 0.6 is 23.1 Å². The van der Waals surface area contributed by atoms with Crippen LogP contribution in [0.1, 0.15) is 29.1 Å². The lowest BCUT2D eigenvalue weighted by molar-refractivity contribution is 0.0624. The van der Waals surface area contributed by atoms with E-state index in [1.165, 1.54) is 4.88 Å². The summed E-state index contributed by atoms with van der Waals surface area (Å²) in [5, 5.41) is 2.10. The molecule has 1 aromatic heterocycles. The Morgan fingerprint density at radius 2 is 2.00 bits per heavy atom. The van der Waals surface area contributed by atoms with Gasteiger partial charge in [-0.15, -0.1) is 23.1 Å². The number of hydrogen-bond acceptors (Lipinski definition) is 5. The van der Waals surface area contributed by atoms with Gasteiger partial charge in [-0.3, -0.25) is 14.7 Å². The molecule has 154 valence electrons. The van der Waals surface area contributed by atoms with Gasteiger partial charge in [0.25, 0.3) is 5.91 Å². The number of thioether (sulfide) groups is 1. The fourth-order valence-electron chi connectivity index (χ4n) is 3.37. The van der Waals surface area contributed by atoms with Crippen LogP contribution < -0.4 is 0 Å². The molecule has 29 heavy (non-hydrogen) atoms. The molecule has 2 heterocycles. The Hall–Kier alpha value is -1.89. The average Bonchev–Trinajstić information content (AvgIpc) is 3.26. The number of rotatable bonds is 8. The maximum Gasteiger partial charge on any atom is 0.255 e. The molecule has 1 atom stereocenters. The van der Waals surface area contributed by atoms with Crippen molar-refractivity contribution in [3.05, 3.63) is 64.5 Å². The third-order valence-corrected chi connectivity index (χ3v) is 7.10. The summed E-state index contributed by atoms with van der Waals surface area (Å²) in [4.78, 5) is 24.1. The summed E-state index contributed by atoms with van der Waals surface area (Å²) in [7, 11) is 0. The van der Waals surface area contributed by atoms with Crippen molar-refractivity contribution in [3.63, 3.8) is 0 Å². The Labute approximate surface area is 182 Å². The molecule has 1 unspecified atom stereocenters. The highest BCUT2D eigenvalue weighted by Crippen LogP contribution is 2.29. The van der Waals surface area contributed by atoms with E-state index in [4.69, 9.17) is 0 Å². The predicted octanol–water partition coefficient (Wildman–Crippen LogP) is 5.04. The van der Waals surface area contributed by atoms with Crippen molar-refractivity contribution in [3.8, 4) is 0 Å². The number of benzene rings is 1. The second-order valence-electron chi connectivity index (χ2n) is 7.18. The van der Waals surface area contributed by atoms with Gasteiger partial charge < -0.3 is 4.90 Å². The Bertz CT molecular complexity index is 824. The highest BCUT2D eigenvalue weighted by molar-refractivity contribution is 7.98. The van der Waals surface area contributed by atoms with Crippen molar-refractivity contribution < 1.29 is 4.79 Å². The third kappa shape index (κ3) is 6.56. The number of hydrogen-bond donors (Lipinski definition) is 0. The maximum atomic E-state index is 13.2. The normalized spacial score (nSPS) is 16.7. The van der Waals surface area contributed by atoms with Crippen molar-refractivity contribution in [2.75, 3.05) is 32.7 Å². The van der Waals surface area contributed by atoms with E-state index in [-0.39, 0.29) is 5.91 Å². The van der Waals surface area contributed by atoms with Crippen molar-refractivity contribution >= 4 is 35.2 Å². The summed E-state index contributed by atoms with van der Waals surface area (Å²) >= 11 is 3.51. The van der Waals surface area contributed by atoms with Crippen LogP contribution in [0.4, 0.5) is 0 Å². The average molecular weight is 428 g/mol. The van der Waals surface area contributed by atoms with Gasteiger partial charge in [0.1, 0.15) is 0 Å². The molecule has 2 aromatic rings. The van der Waals surface area contributed by atoms with Crippen LogP contribution in [0.5, 0.6) is 0 Å². The van der Waals surface area contributed by atoms with Crippen LogP contribution in [-0.2, 0) is 5.75 Å². The van der Waals surface area contributed by atoms with Crippen LogP contribution in [0.3, 0.4) is 0 Å². The number of piperazine rings is 1. The predicted molar refractivity (Wildman–Crippen MR) is 125 cm³/mol. The van der Waals surface area contributed by atoms with E-state index >= 15 is 0 Å². The minimum Gasteiger partial charge on any atom is -0.336 e. The van der Waals surface area contributed by atoms with Gasteiger partial charge >= 0.3 is 0 Å². The van der Waals surface area contributed by atoms with Crippen molar-refractivity contribution in [2.24, 2.45) is 10.9 Å². The zero-order valence-electron chi connectivity index (χ0n) is 17.2. The van der Waals surface area contributed by atoms with E-state index in [2.05, 4.69) is 46.5 Å². The smallest absolute Gasteiger partial charge is 0.255 e. The molecule has 1 aliphatic rings. The molecule has 0 spiro atoms. The van der Waals surface area contributed by atoms with Crippen LogP contribution in [-0.4, -0.2) is 54.6 Å². The van der Waals surface area contributed by atoms with Crippen molar-refractivity contribution in [1.82, 2.24) is 9.80 Å². The first kappa shape index (κ1) is 21.8. The molecule has 0 bridgehead atoms. The SMILES string of the molecule is CC=N/C=C\C(C)CN1CCN(C(=O)c2ccccc2SCc2cccs2)CC1. The minimum atomic E-state index is 0.157. The lowest BCUT2D eigenvalue weighted by Gasteiger charge is -2.35. The van der Waals surface area contributed by atoms with E-state index in [0.29, 0.717) is 5.92 Å². The molecule has 1 saturated heterocycles. The third-order valence-electron chi connectivity index (χ3n) is 4.92. The van der Waals surface area contributed by atoms with Crippen LogP contribution in [0.25, 0.3) is 0 Å². The molecule has 1 fully saturated rings. The van der Waals surface area contributed by atoms with E-state index < -0.39 is 0 Å². The molecular weight excluding hydrogens is 398 g/mol. The largest absolute Gasteiger partial charge is 0.336 e. The van der Waals surface area contributed by atoms with E-state index in [1.54, 1.807) is 29.3 Å². The van der Waals surface area contributed by atoms with Gasteiger partial charge in [0.2, 0.25) is 0 Å². The number of nitrogens with zero attached hydrogens (tertiary/aromatic N) is 3. The summed E-state index contributed by atoms with van der Waals surface area (Å²) < 4.78 is 0. The van der Waals surface area contributed by atoms with Crippen LogP contribution in [0, 0.1) is 5.92 Å². The van der Waals surface area contributed by atoms with Gasteiger partial charge in [0.15, 0.2) is 0 Å². The summed E-state index contributed by atoms with van der Waals surface area (Å²) in [6, 6.07) is 12.2. The van der Waals surface area contributed by atoms with Crippen LogP contribution in [0.15, 0.2) is 63.9 Å². The molecule has 4 nitrogen and oxygen atoms in total. The quantitative estimate of drug-likeness (QED) is 0.437. The summed E-state index contributed by atoms with van der Waals surface area (Å²) in [5.41, 5.74) is 0.830. The van der Waals surface area contributed by atoms with Gasteiger partial charge in [-0.1, -0.05) is 31.2 Å². The highest BCUT2D eigenvalue weighted by Gasteiger charge is 2.24. The maximum absolute atomic E-state index is 13.2. The zero-order valence-corrected chi connectivity index (χ0v) is 18.8. The zero-order chi connectivity index (χ0) is 20.5. The van der Waals surface area contributed by atoms with Gasteiger partial charge in [-0.2, -0.15) is 0 Å². The molecule has 1 aliphatic heterocycles. The fraction of sp³-hybridized carbons (Fsp3) is 0.391. The standard InChI is InChI=1S/C23H29N3OS2/c1-3-24-11-10-19(2)17-25-12-14-26(15-13-25)23(27)21-8-4-5-9-22(21)29-18-20-7-6-16-28-20/h3-11,16,19H,12-15,17-18H2,1-2H3/b11-10-,24-3?. The van der Waals surface area contributed by atoms with E-state index in [9.17, 15) is 4.79 Å². The fourth-order valence-corrected chi connectivity index (χ4v) is 5.19. The van der Waals surface area contributed by atoms with Crippen LogP contribution in [0.2, 0.25) is 0 Å². The first-order valence-corrected chi connectivity index (χ1v) is 11.9. The topological polar surface area (TPSA) is 35.9 Å². The van der Waals surface area contributed by atoms with Gasteiger partial charge in [-0.25, -0.2) is 0 Å². The number of amides is 1. The van der Waals surface area contributed by atoms with Gasteiger partial charge in [0, 0.05) is 60.7 Å². The number of thiophene rings is 1. The molecule has 1 amide bonds. The first-order valence-electron chi connectivity index (χ1n) is 10.1. The number of aliphatic imine (C=N–C) groups is 1. The lowest BCUT2D eigenvalue weighted by atomic mass is 10.1. The molecule has 0 saturated carbocycles. The monoisotopic (exact) mass is 427 g/mol. The molecular formula is C23H29N3OS2. The summed E-state index contributed by atoms with van der Waals surface area (Å²) in [6.45, 7) is 8.55. The molecule has 0 N–H and O–H groups in total. The first-order chi connectivity index (χ1) is 14.2.